The van der Waals surface area contributed by atoms with Gasteiger partial charge in [0.05, 0.1) is 17.5 Å². The average molecular weight is 342 g/mol. The zero-order chi connectivity index (χ0) is 17.1. The molecule has 2 aromatic carbocycles. The molecule has 1 amide bonds. The van der Waals surface area contributed by atoms with Crippen molar-refractivity contribution in [2.24, 2.45) is 7.05 Å². The number of aryl methyl sites for hydroxylation is 2. The summed E-state index contributed by atoms with van der Waals surface area (Å²) >= 11 is 6.08. The monoisotopic (exact) mass is 341 g/mol. The first kappa shape index (κ1) is 16.5. The number of nitrogens with zero attached hydrogens (tertiary/aromatic N) is 2. The summed E-state index contributed by atoms with van der Waals surface area (Å²) < 4.78 is 2.07. The lowest BCUT2D eigenvalue weighted by Crippen LogP contribution is -2.27. The van der Waals surface area contributed by atoms with Gasteiger partial charge in [0.1, 0.15) is 5.82 Å². The summed E-state index contributed by atoms with van der Waals surface area (Å²) in [5.74, 6) is 0.980. The molecule has 124 valence electrons. The summed E-state index contributed by atoms with van der Waals surface area (Å²) in [6.07, 6.45) is 1.08. The number of aromatic nitrogens is 2. The maximum atomic E-state index is 12.0. The van der Waals surface area contributed by atoms with Gasteiger partial charge in [0.15, 0.2) is 0 Å². The molecule has 0 aliphatic heterocycles. The molecule has 4 nitrogen and oxygen atoms in total. The van der Waals surface area contributed by atoms with Gasteiger partial charge in [-0.05, 0) is 42.7 Å². The summed E-state index contributed by atoms with van der Waals surface area (Å²) in [5.41, 5.74) is 4.13. The van der Waals surface area contributed by atoms with Crippen molar-refractivity contribution in [3.8, 4) is 0 Å². The van der Waals surface area contributed by atoms with Crippen LogP contribution in [0.5, 0.6) is 0 Å². The van der Waals surface area contributed by atoms with Gasteiger partial charge in [0, 0.05) is 18.6 Å². The second kappa shape index (κ2) is 7.05. The van der Waals surface area contributed by atoms with Crippen LogP contribution in [-0.4, -0.2) is 22.0 Å². The van der Waals surface area contributed by atoms with Crippen LogP contribution in [-0.2, 0) is 24.7 Å². The molecule has 5 heteroatoms. The van der Waals surface area contributed by atoms with Gasteiger partial charge in [-0.15, -0.1) is 0 Å². The highest BCUT2D eigenvalue weighted by Crippen LogP contribution is 2.17. The first-order valence-corrected chi connectivity index (χ1v) is 8.34. The fraction of sp³-hybridized carbons (Fsp3) is 0.263. The Balaban J connectivity index is 1.56. The van der Waals surface area contributed by atoms with E-state index in [0.717, 1.165) is 28.8 Å². The molecule has 0 unspecified atom stereocenters. The molecule has 24 heavy (non-hydrogen) atoms. The number of carbonyl (C=O) groups is 1. The number of halogens is 1. The second-order valence-corrected chi connectivity index (χ2v) is 6.32. The highest BCUT2D eigenvalue weighted by molar-refractivity contribution is 6.31. The molecule has 0 aliphatic rings. The van der Waals surface area contributed by atoms with E-state index in [-0.39, 0.29) is 5.91 Å². The molecule has 0 fully saturated rings. The van der Waals surface area contributed by atoms with E-state index in [1.54, 1.807) is 6.07 Å². The number of imidazole rings is 1. The van der Waals surface area contributed by atoms with Crippen molar-refractivity contribution < 1.29 is 4.79 Å². The molecular formula is C19H20ClN3O. The third kappa shape index (κ3) is 3.60. The van der Waals surface area contributed by atoms with Crippen molar-refractivity contribution in [1.82, 2.24) is 14.9 Å². The van der Waals surface area contributed by atoms with Crippen LogP contribution < -0.4 is 5.32 Å². The Hall–Kier alpha value is -2.33. The Bertz CT molecular complexity index is 885. The maximum absolute atomic E-state index is 12.0. The van der Waals surface area contributed by atoms with Gasteiger partial charge < -0.3 is 9.88 Å². The fourth-order valence-corrected chi connectivity index (χ4v) is 2.95. The summed E-state index contributed by atoms with van der Waals surface area (Å²) in [6.45, 7) is 2.59. The lowest BCUT2D eigenvalue weighted by atomic mass is 10.1. The summed E-state index contributed by atoms with van der Waals surface area (Å²) in [6, 6.07) is 13.7. The van der Waals surface area contributed by atoms with Crippen molar-refractivity contribution in [1.29, 1.82) is 0 Å². The molecule has 0 radical (unpaired) electrons. The molecule has 1 N–H and O–H groups in total. The van der Waals surface area contributed by atoms with E-state index >= 15 is 0 Å². The Morgan fingerprint density at radius 3 is 2.83 bits per heavy atom. The van der Waals surface area contributed by atoms with Crippen molar-refractivity contribution in [2.75, 3.05) is 6.54 Å². The van der Waals surface area contributed by atoms with Gasteiger partial charge in [-0.1, -0.05) is 35.9 Å². The predicted octanol–water partition coefficient (Wildman–Crippen LogP) is 3.44. The second-order valence-electron chi connectivity index (χ2n) is 5.91. The number of hydrogen-bond acceptors (Lipinski definition) is 2. The summed E-state index contributed by atoms with van der Waals surface area (Å²) in [4.78, 5) is 16.6. The van der Waals surface area contributed by atoms with E-state index in [9.17, 15) is 4.79 Å². The molecule has 3 aromatic rings. The number of carbonyl (C=O) groups excluding carboxylic acids is 1. The Morgan fingerprint density at radius 2 is 2.04 bits per heavy atom. The molecule has 0 atom stereocenters. The Labute approximate surface area is 146 Å². The van der Waals surface area contributed by atoms with Crippen LogP contribution in [0, 0.1) is 6.92 Å². The van der Waals surface area contributed by atoms with Crippen molar-refractivity contribution in [3.63, 3.8) is 0 Å². The smallest absolute Gasteiger partial charge is 0.224 e. The van der Waals surface area contributed by atoms with Gasteiger partial charge in [-0.25, -0.2) is 4.98 Å². The highest BCUT2D eigenvalue weighted by atomic mass is 35.5. The molecule has 0 saturated heterocycles. The zero-order valence-electron chi connectivity index (χ0n) is 13.8. The van der Waals surface area contributed by atoms with E-state index in [1.165, 1.54) is 5.56 Å². The minimum absolute atomic E-state index is 0.0159. The molecule has 3 rings (SSSR count). The van der Waals surface area contributed by atoms with E-state index in [2.05, 4.69) is 33.1 Å². The lowest BCUT2D eigenvalue weighted by molar-refractivity contribution is -0.120. The molecule has 1 heterocycles. The number of benzene rings is 2. The normalized spacial score (nSPS) is 11.0. The molecular weight excluding hydrogens is 322 g/mol. The number of hydrogen-bond donors (Lipinski definition) is 1. The van der Waals surface area contributed by atoms with E-state index in [1.807, 2.05) is 32.2 Å². The van der Waals surface area contributed by atoms with E-state index in [0.29, 0.717) is 18.0 Å². The van der Waals surface area contributed by atoms with Crippen LogP contribution in [0.25, 0.3) is 11.0 Å². The van der Waals surface area contributed by atoms with Gasteiger partial charge in [-0.2, -0.15) is 0 Å². The summed E-state index contributed by atoms with van der Waals surface area (Å²) in [7, 11) is 2.01. The standard InChI is InChI=1S/C19H20ClN3O/c1-13-22-17-11-14(7-8-18(17)23(13)2)9-10-21-19(24)12-15-5-3-4-6-16(15)20/h3-8,11H,9-10,12H2,1-2H3,(H,21,24). The van der Waals surface area contributed by atoms with Gasteiger partial charge in [0.2, 0.25) is 5.91 Å². The third-order valence-corrected chi connectivity index (χ3v) is 4.58. The SMILES string of the molecule is Cc1nc2cc(CCNC(=O)Cc3ccccc3Cl)ccc2n1C. The molecule has 0 saturated carbocycles. The van der Waals surface area contributed by atoms with Crippen LogP contribution in [0.4, 0.5) is 0 Å². The van der Waals surface area contributed by atoms with Crippen LogP contribution in [0.15, 0.2) is 42.5 Å². The fourth-order valence-electron chi connectivity index (χ4n) is 2.74. The van der Waals surface area contributed by atoms with E-state index in [4.69, 9.17) is 11.6 Å². The lowest BCUT2D eigenvalue weighted by Gasteiger charge is -2.07. The Kier molecular flexibility index (Phi) is 4.86. The molecule has 0 bridgehead atoms. The average Bonchev–Trinajstić information content (AvgIpc) is 2.84. The number of nitrogens with one attached hydrogen (secondary N) is 1. The van der Waals surface area contributed by atoms with Gasteiger partial charge >= 0.3 is 0 Å². The van der Waals surface area contributed by atoms with Crippen LogP contribution >= 0.6 is 11.6 Å². The zero-order valence-corrected chi connectivity index (χ0v) is 14.6. The third-order valence-electron chi connectivity index (χ3n) is 4.21. The highest BCUT2D eigenvalue weighted by Gasteiger charge is 2.07. The Morgan fingerprint density at radius 1 is 1.25 bits per heavy atom. The minimum atomic E-state index is -0.0159. The van der Waals surface area contributed by atoms with Crippen LogP contribution in [0.3, 0.4) is 0 Å². The topological polar surface area (TPSA) is 46.9 Å². The van der Waals surface area contributed by atoms with E-state index < -0.39 is 0 Å². The van der Waals surface area contributed by atoms with Gasteiger partial charge in [-0.3, -0.25) is 4.79 Å². The largest absolute Gasteiger partial charge is 0.355 e. The number of amides is 1. The number of fused-ring (bicyclic) bond motifs is 1. The summed E-state index contributed by atoms with van der Waals surface area (Å²) in [5, 5.41) is 3.58. The molecule has 1 aromatic heterocycles. The predicted molar refractivity (Wildman–Crippen MR) is 97.3 cm³/mol. The van der Waals surface area contributed by atoms with Crippen LogP contribution in [0.2, 0.25) is 5.02 Å². The quantitative estimate of drug-likeness (QED) is 0.772. The molecule has 0 aliphatic carbocycles. The van der Waals surface area contributed by atoms with Gasteiger partial charge in [0.25, 0.3) is 0 Å². The first-order valence-electron chi connectivity index (χ1n) is 7.96. The van der Waals surface area contributed by atoms with Crippen molar-refractivity contribution >= 4 is 28.5 Å². The molecule has 0 spiro atoms. The number of rotatable bonds is 5. The van der Waals surface area contributed by atoms with Crippen molar-refractivity contribution in [2.45, 2.75) is 19.8 Å². The maximum Gasteiger partial charge on any atom is 0.224 e. The van der Waals surface area contributed by atoms with Crippen molar-refractivity contribution in [3.05, 3.63) is 64.4 Å². The minimum Gasteiger partial charge on any atom is -0.355 e. The van der Waals surface area contributed by atoms with Crippen LogP contribution in [0.1, 0.15) is 17.0 Å². The first-order chi connectivity index (χ1) is 11.5.